The number of aliphatic hydroxyl groups excluding tert-OH is 1. The molecule has 0 spiro atoms. The average molecular weight is 410 g/mol. The summed E-state index contributed by atoms with van der Waals surface area (Å²) >= 11 is 3.47. The van der Waals surface area contributed by atoms with Crippen molar-refractivity contribution >= 4 is 32.9 Å². The number of halogens is 1. The van der Waals surface area contributed by atoms with E-state index in [1.165, 1.54) is 0 Å². The number of aromatic nitrogens is 2. The molecule has 1 amide bonds. The lowest BCUT2D eigenvalue weighted by Crippen LogP contribution is -2.42. The van der Waals surface area contributed by atoms with E-state index in [4.69, 9.17) is 4.74 Å². The van der Waals surface area contributed by atoms with Crippen molar-refractivity contribution in [1.82, 2.24) is 14.7 Å². The van der Waals surface area contributed by atoms with Crippen LogP contribution in [0.4, 0.5) is 4.79 Å². The van der Waals surface area contributed by atoms with Gasteiger partial charge in [-0.25, -0.2) is 4.79 Å². The summed E-state index contributed by atoms with van der Waals surface area (Å²) in [7, 11) is 0. The quantitative estimate of drug-likeness (QED) is 0.817. The van der Waals surface area contributed by atoms with Crippen LogP contribution in [-0.2, 0) is 11.3 Å². The lowest BCUT2D eigenvalue weighted by atomic mass is 10.1. The third-order valence-corrected chi connectivity index (χ3v) is 4.87. The topological polar surface area (TPSA) is 67.6 Å². The number of likely N-dealkylation sites (tertiary alicyclic amines) is 1. The Hall–Kier alpha value is -1.60. The van der Waals surface area contributed by atoms with Gasteiger partial charge < -0.3 is 14.7 Å². The van der Waals surface area contributed by atoms with Gasteiger partial charge in [0.1, 0.15) is 5.60 Å². The Bertz CT molecular complexity index is 774. The molecule has 1 aliphatic rings. The van der Waals surface area contributed by atoms with Crippen molar-refractivity contribution in [3.63, 3.8) is 0 Å². The minimum atomic E-state index is -0.481. The number of carbonyl (C=O) groups excluding carboxylic acids is 1. The number of nitrogens with zero attached hydrogens (tertiary/aromatic N) is 3. The first kappa shape index (κ1) is 18.2. The highest BCUT2D eigenvalue weighted by atomic mass is 79.9. The molecule has 1 aromatic carbocycles. The number of benzene rings is 1. The molecule has 2 heterocycles. The van der Waals surface area contributed by atoms with Gasteiger partial charge in [-0.2, -0.15) is 5.10 Å². The van der Waals surface area contributed by atoms with Crippen LogP contribution in [0, 0.1) is 0 Å². The van der Waals surface area contributed by atoms with E-state index in [1.54, 1.807) is 4.90 Å². The molecule has 0 radical (unpaired) electrons. The molecule has 6 nitrogen and oxygen atoms in total. The van der Waals surface area contributed by atoms with E-state index in [9.17, 15) is 9.90 Å². The molecular formula is C18H24BrN3O3. The van der Waals surface area contributed by atoms with Crippen molar-refractivity contribution in [1.29, 1.82) is 0 Å². The van der Waals surface area contributed by atoms with Crippen molar-refractivity contribution < 1.29 is 14.6 Å². The summed E-state index contributed by atoms with van der Waals surface area (Å²) in [5.41, 5.74) is 1.22. The van der Waals surface area contributed by atoms with E-state index < -0.39 is 5.60 Å². The van der Waals surface area contributed by atoms with Crippen LogP contribution in [0.1, 0.15) is 45.3 Å². The number of rotatable bonds is 2. The van der Waals surface area contributed by atoms with Crippen LogP contribution in [0.5, 0.6) is 0 Å². The van der Waals surface area contributed by atoms with Crippen LogP contribution in [0.25, 0.3) is 10.9 Å². The molecule has 1 aromatic heterocycles. The van der Waals surface area contributed by atoms with Crippen LogP contribution in [-0.4, -0.2) is 44.6 Å². The summed E-state index contributed by atoms with van der Waals surface area (Å²) in [6.45, 7) is 6.82. The molecule has 1 fully saturated rings. The normalized spacial score (nSPS) is 16.4. The number of hydrogen-bond donors (Lipinski definition) is 1. The third-order valence-electron chi connectivity index (χ3n) is 4.37. The zero-order chi connectivity index (χ0) is 18.2. The maximum atomic E-state index is 12.2. The summed E-state index contributed by atoms with van der Waals surface area (Å²) in [5, 5.41) is 15.5. The SMILES string of the molecule is CC(C)(C)OC(=O)N1CCC(n2nc3ccc(Br)cc3c2CO)CC1. The first-order valence-electron chi connectivity index (χ1n) is 8.54. The molecule has 1 N–H and O–H groups in total. The summed E-state index contributed by atoms with van der Waals surface area (Å²) in [4.78, 5) is 13.9. The molecule has 1 saturated heterocycles. The lowest BCUT2D eigenvalue weighted by molar-refractivity contribution is 0.0183. The fourth-order valence-electron chi connectivity index (χ4n) is 3.21. The Morgan fingerprint density at radius 2 is 2.04 bits per heavy atom. The monoisotopic (exact) mass is 409 g/mol. The number of carbonyl (C=O) groups is 1. The smallest absolute Gasteiger partial charge is 0.410 e. The molecule has 7 heteroatoms. The zero-order valence-corrected chi connectivity index (χ0v) is 16.4. The highest BCUT2D eigenvalue weighted by Crippen LogP contribution is 2.30. The predicted molar refractivity (Wildman–Crippen MR) is 99.4 cm³/mol. The predicted octanol–water partition coefficient (Wildman–Crippen LogP) is 3.86. The number of ether oxygens (including phenoxy) is 1. The van der Waals surface area contributed by atoms with E-state index in [0.717, 1.165) is 33.9 Å². The zero-order valence-electron chi connectivity index (χ0n) is 14.8. The maximum Gasteiger partial charge on any atom is 0.410 e. The molecule has 136 valence electrons. The Labute approximate surface area is 155 Å². The Morgan fingerprint density at radius 1 is 1.36 bits per heavy atom. The van der Waals surface area contributed by atoms with Gasteiger partial charge in [0.2, 0.25) is 0 Å². The van der Waals surface area contributed by atoms with Crippen LogP contribution < -0.4 is 0 Å². The second kappa shape index (κ2) is 6.96. The van der Waals surface area contributed by atoms with Gasteiger partial charge in [-0.1, -0.05) is 15.9 Å². The molecular weight excluding hydrogens is 386 g/mol. The molecule has 0 aliphatic carbocycles. The maximum absolute atomic E-state index is 12.2. The summed E-state index contributed by atoms with van der Waals surface area (Å²) < 4.78 is 8.34. The van der Waals surface area contributed by atoms with Crippen LogP contribution in [0.15, 0.2) is 22.7 Å². The van der Waals surface area contributed by atoms with Crippen molar-refractivity contribution in [2.45, 2.75) is 51.9 Å². The number of piperidine rings is 1. The summed E-state index contributed by atoms with van der Waals surface area (Å²) in [6, 6.07) is 6.06. The second-order valence-electron chi connectivity index (χ2n) is 7.41. The number of hydrogen-bond acceptors (Lipinski definition) is 4. The standard InChI is InChI=1S/C18H24BrN3O3/c1-18(2,3)25-17(24)21-8-6-13(7-9-21)22-16(11-23)14-10-12(19)4-5-15(14)20-22/h4-5,10,13,23H,6-9,11H2,1-3H3. The van der Waals surface area contributed by atoms with Crippen molar-refractivity contribution in [2.24, 2.45) is 0 Å². The highest BCUT2D eigenvalue weighted by molar-refractivity contribution is 9.10. The molecule has 0 saturated carbocycles. The Kier molecular flexibility index (Phi) is 5.06. The lowest BCUT2D eigenvalue weighted by Gasteiger charge is -2.34. The number of amides is 1. The fraction of sp³-hybridized carbons (Fsp3) is 0.556. The molecule has 3 rings (SSSR count). The number of fused-ring (bicyclic) bond motifs is 1. The van der Waals surface area contributed by atoms with Gasteiger partial charge in [0, 0.05) is 22.9 Å². The van der Waals surface area contributed by atoms with Gasteiger partial charge in [0.15, 0.2) is 0 Å². The number of aliphatic hydroxyl groups is 1. The van der Waals surface area contributed by atoms with Gasteiger partial charge in [-0.05, 0) is 51.8 Å². The summed E-state index contributed by atoms with van der Waals surface area (Å²) in [6.07, 6.45) is 1.32. The molecule has 0 bridgehead atoms. The first-order valence-corrected chi connectivity index (χ1v) is 9.33. The van der Waals surface area contributed by atoms with Gasteiger partial charge in [0.05, 0.1) is 23.9 Å². The highest BCUT2D eigenvalue weighted by Gasteiger charge is 2.29. The van der Waals surface area contributed by atoms with E-state index in [2.05, 4.69) is 21.0 Å². The molecule has 0 unspecified atom stereocenters. The van der Waals surface area contributed by atoms with Gasteiger partial charge in [-0.3, -0.25) is 4.68 Å². The first-order chi connectivity index (χ1) is 11.8. The van der Waals surface area contributed by atoms with Crippen molar-refractivity contribution in [2.75, 3.05) is 13.1 Å². The van der Waals surface area contributed by atoms with Gasteiger partial charge in [0.25, 0.3) is 0 Å². The molecule has 2 aromatic rings. The third kappa shape index (κ3) is 3.98. The van der Waals surface area contributed by atoms with Crippen LogP contribution in [0.2, 0.25) is 0 Å². The van der Waals surface area contributed by atoms with Gasteiger partial charge >= 0.3 is 6.09 Å². The van der Waals surface area contributed by atoms with Crippen molar-refractivity contribution in [3.05, 3.63) is 28.4 Å². The minimum absolute atomic E-state index is 0.0563. The van der Waals surface area contributed by atoms with Crippen LogP contribution >= 0.6 is 15.9 Å². The van der Waals surface area contributed by atoms with E-state index in [1.807, 2.05) is 43.7 Å². The molecule has 1 aliphatic heterocycles. The Balaban J connectivity index is 1.75. The largest absolute Gasteiger partial charge is 0.444 e. The Morgan fingerprint density at radius 3 is 2.64 bits per heavy atom. The molecule has 25 heavy (non-hydrogen) atoms. The fourth-order valence-corrected chi connectivity index (χ4v) is 3.57. The second-order valence-corrected chi connectivity index (χ2v) is 8.33. The van der Waals surface area contributed by atoms with Crippen molar-refractivity contribution in [3.8, 4) is 0 Å². The molecule has 0 atom stereocenters. The van der Waals surface area contributed by atoms with E-state index in [-0.39, 0.29) is 18.7 Å². The van der Waals surface area contributed by atoms with E-state index >= 15 is 0 Å². The minimum Gasteiger partial charge on any atom is -0.444 e. The summed E-state index contributed by atoms with van der Waals surface area (Å²) in [5.74, 6) is 0. The van der Waals surface area contributed by atoms with Gasteiger partial charge in [-0.15, -0.1) is 0 Å². The average Bonchev–Trinajstić information content (AvgIpc) is 2.91. The van der Waals surface area contributed by atoms with E-state index in [0.29, 0.717) is 13.1 Å². The van der Waals surface area contributed by atoms with Crippen LogP contribution in [0.3, 0.4) is 0 Å².